The highest BCUT2D eigenvalue weighted by atomic mass is 14.6. The summed E-state index contributed by atoms with van der Waals surface area (Å²) in [5, 5.41) is 0. The quantitative estimate of drug-likeness (QED) is 0.681. The molecule has 0 spiro atoms. The lowest BCUT2D eigenvalue weighted by Gasteiger charge is -2.06. The molecule has 0 saturated heterocycles. The minimum Gasteiger partial charge on any atom is -0.399 e. The highest BCUT2D eigenvalue weighted by Gasteiger charge is 1.99. The second-order valence-electron chi connectivity index (χ2n) is 3.59. The number of hydrogen-bond acceptors (Lipinski definition) is 2. The molecule has 0 amide bonds. The molecule has 2 rings (SSSR count). The van der Waals surface area contributed by atoms with Crippen molar-refractivity contribution < 1.29 is 0 Å². The summed E-state index contributed by atoms with van der Waals surface area (Å²) in [7, 11) is 0. The molecule has 76 valence electrons. The predicted molar refractivity (Wildman–Crippen MR) is 64.9 cm³/mol. The number of anilines is 1. The van der Waals surface area contributed by atoms with Gasteiger partial charge in [0.1, 0.15) is 0 Å². The van der Waals surface area contributed by atoms with Gasteiger partial charge in [-0.25, -0.2) is 0 Å². The fourth-order valence-electron chi connectivity index (χ4n) is 1.52. The summed E-state index contributed by atoms with van der Waals surface area (Å²) in [5.41, 5.74) is 15.4. The van der Waals surface area contributed by atoms with Gasteiger partial charge in [-0.05, 0) is 35.8 Å². The van der Waals surface area contributed by atoms with E-state index in [-0.39, 0.29) is 0 Å². The maximum Gasteiger partial charge on any atom is 0.0387 e. The molecule has 15 heavy (non-hydrogen) atoms. The number of rotatable bonds is 1. The summed E-state index contributed by atoms with van der Waals surface area (Å²) in [5.74, 6) is 0. The maximum absolute atomic E-state index is 5.86. The molecule has 4 N–H and O–H groups in total. The molecule has 0 radical (unpaired) electrons. The molecule has 0 atom stereocenters. The molecule has 0 heterocycles. The Kier molecular flexibility index (Phi) is 2.59. The van der Waals surface area contributed by atoms with E-state index < -0.39 is 0 Å². The fourth-order valence-corrected chi connectivity index (χ4v) is 1.52. The molecule has 1 aromatic rings. The van der Waals surface area contributed by atoms with Gasteiger partial charge in [0.15, 0.2) is 0 Å². The number of benzene rings is 1. The number of hydrogen-bond donors (Lipinski definition) is 2. The molecule has 0 fully saturated rings. The van der Waals surface area contributed by atoms with Gasteiger partial charge in [0, 0.05) is 11.4 Å². The summed E-state index contributed by atoms with van der Waals surface area (Å²) >= 11 is 0. The van der Waals surface area contributed by atoms with Crippen LogP contribution in [0.1, 0.15) is 12.0 Å². The predicted octanol–water partition coefficient (Wildman–Crippen LogP) is 2.45. The first-order valence-electron chi connectivity index (χ1n) is 4.94. The minimum absolute atomic E-state index is 0.806. The molecule has 1 aromatic carbocycles. The van der Waals surface area contributed by atoms with Crippen molar-refractivity contribution in [2.75, 3.05) is 5.73 Å². The summed E-state index contributed by atoms with van der Waals surface area (Å²) in [4.78, 5) is 0. The Labute approximate surface area is 89.6 Å². The van der Waals surface area contributed by atoms with E-state index in [1.807, 2.05) is 42.5 Å². The largest absolute Gasteiger partial charge is 0.399 e. The summed E-state index contributed by atoms with van der Waals surface area (Å²) in [6, 6.07) is 7.84. The SMILES string of the molecule is NC1=CC/C(=C\c2ccccc2N)C=C1. The van der Waals surface area contributed by atoms with Crippen LogP contribution in [0.5, 0.6) is 0 Å². The molecule has 0 aliphatic heterocycles. The third-order valence-electron chi connectivity index (χ3n) is 2.40. The topological polar surface area (TPSA) is 52.0 Å². The van der Waals surface area contributed by atoms with E-state index in [0.717, 1.165) is 23.4 Å². The number of allylic oxidation sites excluding steroid dienone is 4. The Morgan fingerprint density at radius 1 is 1.07 bits per heavy atom. The molecule has 0 aromatic heterocycles. The van der Waals surface area contributed by atoms with Crippen LogP contribution in [0, 0.1) is 0 Å². The number of para-hydroxylation sites is 1. The van der Waals surface area contributed by atoms with E-state index in [2.05, 4.69) is 6.08 Å². The monoisotopic (exact) mass is 198 g/mol. The summed E-state index contributed by atoms with van der Waals surface area (Å²) in [6.45, 7) is 0. The van der Waals surface area contributed by atoms with Crippen LogP contribution in [0.2, 0.25) is 0 Å². The number of nitrogen functional groups attached to an aromatic ring is 1. The Morgan fingerprint density at radius 3 is 2.53 bits per heavy atom. The Hall–Kier alpha value is -1.96. The van der Waals surface area contributed by atoms with Crippen LogP contribution in [0.3, 0.4) is 0 Å². The lowest BCUT2D eigenvalue weighted by Crippen LogP contribution is -1.97. The van der Waals surface area contributed by atoms with Crippen LogP contribution in [-0.2, 0) is 0 Å². The van der Waals surface area contributed by atoms with E-state index in [9.17, 15) is 0 Å². The van der Waals surface area contributed by atoms with Gasteiger partial charge in [-0.15, -0.1) is 0 Å². The van der Waals surface area contributed by atoms with E-state index in [1.165, 1.54) is 5.57 Å². The van der Waals surface area contributed by atoms with Gasteiger partial charge in [-0.2, -0.15) is 0 Å². The third kappa shape index (κ3) is 2.29. The number of nitrogens with two attached hydrogens (primary N) is 2. The van der Waals surface area contributed by atoms with Crippen molar-refractivity contribution in [3.63, 3.8) is 0 Å². The van der Waals surface area contributed by atoms with Crippen LogP contribution < -0.4 is 11.5 Å². The van der Waals surface area contributed by atoms with Crippen molar-refractivity contribution in [3.8, 4) is 0 Å². The Bertz CT molecular complexity index is 453. The zero-order valence-corrected chi connectivity index (χ0v) is 8.48. The lowest BCUT2D eigenvalue weighted by molar-refractivity contribution is 1.21. The molecule has 0 unspecified atom stereocenters. The first-order valence-corrected chi connectivity index (χ1v) is 4.94. The molecular weight excluding hydrogens is 184 g/mol. The van der Waals surface area contributed by atoms with Gasteiger partial charge < -0.3 is 11.5 Å². The molecule has 1 aliphatic carbocycles. The Balaban J connectivity index is 2.26. The van der Waals surface area contributed by atoms with E-state index in [1.54, 1.807) is 0 Å². The van der Waals surface area contributed by atoms with Gasteiger partial charge in [0.25, 0.3) is 0 Å². The fraction of sp³-hybridized carbons (Fsp3) is 0.0769. The first-order chi connectivity index (χ1) is 7.25. The van der Waals surface area contributed by atoms with Crippen molar-refractivity contribution in [2.45, 2.75) is 6.42 Å². The van der Waals surface area contributed by atoms with Gasteiger partial charge in [-0.3, -0.25) is 0 Å². The highest BCUT2D eigenvalue weighted by molar-refractivity contribution is 5.68. The molecule has 1 aliphatic rings. The average Bonchev–Trinajstić information content (AvgIpc) is 2.25. The normalized spacial score (nSPS) is 17.9. The molecule has 2 heteroatoms. The second-order valence-corrected chi connectivity index (χ2v) is 3.59. The average molecular weight is 198 g/mol. The van der Waals surface area contributed by atoms with Crippen LogP contribution in [0.4, 0.5) is 5.69 Å². The van der Waals surface area contributed by atoms with E-state index in [4.69, 9.17) is 11.5 Å². The third-order valence-corrected chi connectivity index (χ3v) is 2.40. The summed E-state index contributed by atoms with van der Waals surface area (Å²) in [6.07, 6.45) is 8.91. The molecule has 0 saturated carbocycles. The van der Waals surface area contributed by atoms with Crippen LogP contribution >= 0.6 is 0 Å². The van der Waals surface area contributed by atoms with Crippen molar-refractivity contribution >= 4 is 11.8 Å². The van der Waals surface area contributed by atoms with Crippen molar-refractivity contribution in [1.82, 2.24) is 0 Å². The van der Waals surface area contributed by atoms with Crippen LogP contribution in [0.25, 0.3) is 6.08 Å². The van der Waals surface area contributed by atoms with Crippen molar-refractivity contribution in [2.24, 2.45) is 5.73 Å². The molecular formula is C13H14N2. The van der Waals surface area contributed by atoms with Gasteiger partial charge in [-0.1, -0.05) is 30.4 Å². The second kappa shape index (κ2) is 4.05. The van der Waals surface area contributed by atoms with E-state index >= 15 is 0 Å². The molecule has 2 nitrogen and oxygen atoms in total. The van der Waals surface area contributed by atoms with Gasteiger partial charge in [0.2, 0.25) is 0 Å². The van der Waals surface area contributed by atoms with Crippen LogP contribution in [-0.4, -0.2) is 0 Å². The summed E-state index contributed by atoms with van der Waals surface area (Å²) < 4.78 is 0. The maximum atomic E-state index is 5.86. The zero-order valence-electron chi connectivity index (χ0n) is 8.48. The van der Waals surface area contributed by atoms with Crippen molar-refractivity contribution in [1.29, 1.82) is 0 Å². The smallest absolute Gasteiger partial charge is 0.0387 e. The minimum atomic E-state index is 0.806. The zero-order chi connectivity index (χ0) is 10.7. The Morgan fingerprint density at radius 2 is 1.87 bits per heavy atom. The van der Waals surface area contributed by atoms with Crippen LogP contribution in [0.15, 0.2) is 53.8 Å². The van der Waals surface area contributed by atoms with Gasteiger partial charge in [0.05, 0.1) is 0 Å². The first kappa shape index (κ1) is 9.59. The van der Waals surface area contributed by atoms with Crippen molar-refractivity contribution in [3.05, 3.63) is 59.3 Å². The lowest BCUT2D eigenvalue weighted by atomic mass is 10.0. The molecule has 0 bridgehead atoms. The highest BCUT2D eigenvalue weighted by Crippen LogP contribution is 2.19. The van der Waals surface area contributed by atoms with E-state index in [0.29, 0.717) is 0 Å². The van der Waals surface area contributed by atoms with Gasteiger partial charge >= 0.3 is 0 Å². The standard InChI is InChI=1S/C13H14N2/c14-12-7-5-10(6-8-12)9-11-3-1-2-4-13(11)15/h1-5,7-9H,6,14-15H2/b10-9-.